The van der Waals surface area contributed by atoms with Crippen LogP contribution in [0.25, 0.3) is 0 Å². The van der Waals surface area contributed by atoms with E-state index in [4.69, 9.17) is 9.52 Å². The van der Waals surface area contributed by atoms with Crippen molar-refractivity contribution < 1.29 is 27.5 Å². The first-order valence-electron chi connectivity index (χ1n) is 5.30. The number of hydrogen-bond donors (Lipinski definition) is 1. The number of aromatic carboxylic acids is 1. The first-order chi connectivity index (χ1) is 8.20. The second-order valence-electron chi connectivity index (χ2n) is 4.03. The molecular formula is C11H14F3NO3. The van der Waals surface area contributed by atoms with Gasteiger partial charge in [0.05, 0.1) is 12.5 Å². The molecule has 0 fully saturated rings. The van der Waals surface area contributed by atoms with Gasteiger partial charge in [-0.15, -0.1) is 0 Å². The van der Waals surface area contributed by atoms with Crippen LogP contribution >= 0.6 is 0 Å². The van der Waals surface area contributed by atoms with Gasteiger partial charge in [0.25, 0.3) is 0 Å². The van der Waals surface area contributed by atoms with E-state index in [-0.39, 0.29) is 12.3 Å². The molecule has 1 aromatic rings. The number of furan rings is 1. The Bertz CT molecular complexity index is 414. The molecule has 1 unspecified atom stereocenters. The molecule has 18 heavy (non-hydrogen) atoms. The van der Waals surface area contributed by atoms with Gasteiger partial charge < -0.3 is 9.52 Å². The smallest absolute Gasteiger partial charge is 0.390 e. The molecule has 0 aromatic carbocycles. The molecule has 102 valence electrons. The summed E-state index contributed by atoms with van der Waals surface area (Å²) < 4.78 is 41.2. The van der Waals surface area contributed by atoms with Crippen LogP contribution in [0.1, 0.15) is 35.7 Å². The lowest BCUT2D eigenvalue weighted by Gasteiger charge is -2.23. The van der Waals surface area contributed by atoms with Gasteiger partial charge in [-0.05, 0) is 26.1 Å². The fourth-order valence-electron chi connectivity index (χ4n) is 1.41. The van der Waals surface area contributed by atoms with Crippen molar-refractivity contribution in [2.45, 2.75) is 25.6 Å². The molecule has 0 saturated heterocycles. The predicted molar refractivity (Wildman–Crippen MR) is 57.4 cm³/mol. The maximum atomic E-state index is 12.1. The average Bonchev–Trinajstić information content (AvgIpc) is 2.73. The molecule has 0 aliphatic heterocycles. The minimum absolute atomic E-state index is 0.173. The highest BCUT2D eigenvalue weighted by atomic mass is 19.4. The highest BCUT2D eigenvalue weighted by Gasteiger charge is 2.28. The van der Waals surface area contributed by atoms with Crippen LogP contribution in [0.15, 0.2) is 16.5 Å². The van der Waals surface area contributed by atoms with Crippen LogP contribution in [0, 0.1) is 0 Å². The van der Waals surface area contributed by atoms with E-state index in [9.17, 15) is 18.0 Å². The molecule has 0 saturated carbocycles. The van der Waals surface area contributed by atoms with Crippen LogP contribution in [-0.4, -0.2) is 35.7 Å². The van der Waals surface area contributed by atoms with Crippen LogP contribution in [0.2, 0.25) is 0 Å². The van der Waals surface area contributed by atoms with E-state index in [0.717, 1.165) is 0 Å². The van der Waals surface area contributed by atoms with Crippen molar-refractivity contribution in [3.05, 3.63) is 23.7 Å². The standard InChI is InChI=1S/C11H14F3NO3/c1-7(15(2)6-5-11(12,13)14)8-3-4-9(18-8)10(16)17/h3-4,7H,5-6H2,1-2H3,(H,16,17). The van der Waals surface area contributed by atoms with Gasteiger partial charge in [-0.3, -0.25) is 4.90 Å². The lowest BCUT2D eigenvalue weighted by atomic mass is 10.2. The third-order valence-electron chi connectivity index (χ3n) is 2.66. The number of halogens is 3. The zero-order chi connectivity index (χ0) is 13.9. The molecule has 0 bridgehead atoms. The van der Waals surface area contributed by atoms with Crippen molar-refractivity contribution in [2.75, 3.05) is 13.6 Å². The minimum Gasteiger partial charge on any atom is -0.475 e. The fourth-order valence-corrected chi connectivity index (χ4v) is 1.41. The summed E-state index contributed by atoms with van der Waals surface area (Å²) in [4.78, 5) is 12.1. The largest absolute Gasteiger partial charge is 0.475 e. The summed E-state index contributed by atoms with van der Waals surface area (Å²) in [5.41, 5.74) is 0. The van der Waals surface area contributed by atoms with Gasteiger partial charge >= 0.3 is 12.1 Å². The first-order valence-corrected chi connectivity index (χ1v) is 5.30. The Morgan fingerprint density at radius 2 is 2.11 bits per heavy atom. The maximum absolute atomic E-state index is 12.1. The average molecular weight is 265 g/mol. The zero-order valence-electron chi connectivity index (χ0n) is 9.99. The molecule has 0 radical (unpaired) electrons. The molecule has 1 rings (SSSR count). The number of rotatable bonds is 5. The molecule has 1 atom stereocenters. The number of alkyl halides is 3. The normalized spacial score (nSPS) is 13.9. The molecule has 0 aliphatic rings. The van der Waals surface area contributed by atoms with E-state index in [2.05, 4.69) is 0 Å². The van der Waals surface area contributed by atoms with Crippen molar-refractivity contribution in [2.24, 2.45) is 0 Å². The predicted octanol–water partition coefficient (Wildman–Crippen LogP) is 2.92. The zero-order valence-corrected chi connectivity index (χ0v) is 9.99. The lowest BCUT2D eigenvalue weighted by molar-refractivity contribution is -0.138. The Kier molecular flexibility index (Phi) is 4.39. The summed E-state index contributed by atoms with van der Waals surface area (Å²) in [5.74, 6) is -1.09. The quantitative estimate of drug-likeness (QED) is 0.889. The summed E-state index contributed by atoms with van der Waals surface area (Å²) in [7, 11) is 1.53. The first kappa shape index (κ1) is 14.6. The van der Waals surface area contributed by atoms with E-state index in [0.29, 0.717) is 5.76 Å². The second kappa shape index (κ2) is 5.43. The Balaban J connectivity index is 2.62. The van der Waals surface area contributed by atoms with Crippen molar-refractivity contribution in [3.8, 4) is 0 Å². The number of hydrogen-bond acceptors (Lipinski definition) is 3. The van der Waals surface area contributed by atoms with Gasteiger partial charge in [-0.25, -0.2) is 4.79 Å². The summed E-state index contributed by atoms with van der Waals surface area (Å²) in [6.45, 7) is 1.48. The Hall–Kier alpha value is -1.50. The second-order valence-corrected chi connectivity index (χ2v) is 4.03. The van der Waals surface area contributed by atoms with Crippen LogP contribution in [-0.2, 0) is 0 Å². The molecule has 7 heteroatoms. The van der Waals surface area contributed by atoms with Gasteiger partial charge in [0.2, 0.25) is 5.76 Å². The molecule has 0 amide bonds. The van der Waals surface area contributed by atoms with Crippen LogP contribution in [0.3, 0.4) is 0 Å². The third-order valence-corrected chi connectivity index (χ3v) is 2.66. The monoisotopic (exact) mass is 265 g/mol. The molecule has 1 aromatic heterocycles. The number of carbonyl (C=O) groups is 1. The summed E-state index contributed by atoms with van der Waals surface area (Å²) in [6.07, 6.45) is -5.12. The highest BCUT2D eigenvalue weighted by molar-refractivity contribution is 5.84. The third kappa shape index (κ3) is 4.06. The van der Waals surface area contributed by atoms with Crippen molar-refractivity contribution in [3.63, 3.8) is 0 Å². The Morgan fingerprint density at radius 3 is 2.56 bits per heavy atom. The molecule has 0 spiro atoms. The van der Waals surface area contributed by atoms with Gasteiger partial charge in [-0.2, -0.15) is 13.2 Å². The molecule has 4 nitrogen and oxygen atoms in total. The van der Waals surface area contributed by atoms with Crippen LogP contribution < -0.4 is 0 Å². The Labute approximate surface area is 102 Å². The number of carboxylic acids is 1. The molecule has 1 heterocycles. The minimum atomic E-state index is -4.20. The van der Waals surface area contributed by atoms with Gasteiger partial charge in [-0.1, -0.05) is 0 Å². The van der Waals surface area contributed by atoms with E-state index in [1.165, 1.54) is 24.1 Å². The van der Waals surface area contributed by atoms with Crippen molar-refractivity contribution in [1.29, 1.82) is 0 Å². The molecule has 0 aliphatic carbocycles. The van der Waals surface area contributed by atoms with E-state index < -0.39 is 24.6 Å². The van der Waals surface area contributed by atoms with Crippen LogP contribution in [0.5, 0.6) is 0 Å². The summed E-state index contributed by atoms with van der Waals surface area (Å²) in [6, 6.07) is 2.32. The van der Waals surface area contributed by atoms with Gasteiger partial charge in [0.1, 0.15) is 5.76 Å². The van der Waals surface area contributed by atoms with Crippen molar-refractivity contribution >= 4 is 5.97 Å². The highest BCUT2D eigenvalue weighted by Crippen LogP contribution is 2.25. The number of carboxylic acid groups (broad SMARTS) is 1. The lowest BCUT2D eigenvalue weighted by Crippen LogP contribution is -2.27. The Morgan fingerprint density at radius 1 is 1.50 bits per heavy atom. The molecule has 1 N–H and O–H groups in total. The van der Waals surface area contributed by atoms with Gasteiger partial charge in [0, 0.05) is 6.54 Å². The van der Waals surface area contributed by atoms with Crippen molar-refractivity contribution in [1.82, 2.24) is 4.90 Å². The number of nitrogens with zero attached hydrogens (tertiary/aromatic N) is 1. The summed E-state index contributed by atoms with van der Waals surface area (Å²) >= 11 is 0. The van der Waals surface area contributed by atoms with E-state index in [1.807, 2.05) is 0 Å². The van der Waals surface area contributed by atoms with E-state index >= 15 is 0 Å². The maximum Gasteiger partial charge on any atom is 0.390 e. The fraction of sp³-hybridized carbons (Fsp3) is 0.545. The topological polar surface area (TPSA) is 53.7 Å². The van der Waals surface area contributed by atoms with E-state index in [1.54, 1.807) is 6.92 Å². The van der Waals surface area contributed by atoms with Crippen LogP contribution in [0.4, 0.5) is 13.2 Å². The molecular weight excluding hydrogens is 251 g/mol. The van der Waals surface area contributed by atoms with Gasteiger partial charge in [0.15, 0.2) is 0 Å². The summed E-state index contributed by atoms with van der Waals surface area (Å²) in [5, 5.41) is 8.67. The SMILES string of the molecule is CC(c1ccc(C(=O)O)o1)N(C)CCC(F)(F)F.